The normalized spacial score (nSPS) is 12.7. The molecule has 222 valence electrons. The van der Waals surface area contributed by atoms with Crippen molar-refractivity contribution in [3.63, 3.8) is 0 Å². The molecule has 2 nitrogen and oxygen atoms in total. The molecule has 47 heavy (non-hydrogen) atoms. The molecule has 7 aromatic rings. The van der Waals surface area contributed by atoms with Crippen LogP contribution in [0.25, 0.3) is 0 Å². The Kier molecular flexibility index (Phi) is 6.75. The molecule has 3 heteroatoms. The second-order valence-electron chi connectivity index (χ2n) is 12.6. The zero-order valence-electron chi connectivity index (χ0n) is 26.1. The van der Waals surface area contributed by atoms with Gasteiger partial charge < -0.3 is 9.80 Å². The van der Waals surface area contributed by atoms with Crippen molar-refractivity contribution in [1.29, 1.82) is 0 Å². The van der Waals surface area contributed by atoms with E-state index in [-0.39, 0.29) is 6.71 Å². The molecule has 0 atom stereocenters. The molecule has 0 unspecified atom stereocenters. The topological polar surface area (TPSA) is 6.48 Å². The number of fused-ring (bicyclic) bond motifs is 4. The summed E-state index contributed by atoms with van der Waals surface area (Å²) < 4.78 is 0. The number of benzene rings is 7. The minimum absolute atomic E-state index is 0.0950. The lowest BCUT2D eigenvalue weighted by Crippen LogP contribution is -2.61. The van der Waals surface area contributed by atoms with Gasteiger partial charge in [0.2, 0.25) is 0 Å². The summed E-state index contributed by atoms with van der Waals surface area (Å²) in [6, 6.07) is 64.5. The Morgan fingerprint density at radius 1 is 0.340 bits per heavy atom. The zero-order chi connectivity index (χ0) is 31.2. The van der Waals surface area contributed by atoms with Crippen LogP contribution in [0.5, 0.6) is 0 Å². The lowest BCUT2D eigenvalue weighted by Gasteiger charge is -2.44. The van der Waals surface area contributed by atoms with Gasteiger partial charge in [-0.25, -0.2) is 0 Å². The molecule has 0 fully saturated rings. The fourth-order valence-corrected chi connectivity index (χ4v) is 7.64. The van der Waals surface area contributed by atoms with Crippen LogP contribution in [0.2, 0.25) is 0 Å². The monoisotopic (exact) mass is 600 g/mol. The van der Waals surface area contributed by atoms with Gasteiger partial charge in [-0.2, -0.15) is 0 Å². The summed E-state index contributed by atoms with van der Waals surface area (Å²) in [5.74, 6) is 0. The van der Waals surface area contributed by atoms with Crippen LogP contribution < -0.4 is 26.2 Å². The van der Waals surface area contributed by atoms with Gasteiger partial charge in [0.15, 0.2) is 0 Å². The van der Waals surface area contributed by atoms with Gasteiger partial charge in [0.05, 0.1) is 0 Å². The largest absolute Gasteiger partial charge is 0.311 e. The van der Waals surface area contributed by atoms with Crippen molar-refractivity contribution in [3.8, 4) is 0 Å². The second kappa shape index (κ2) is 11.5. The Hall–Kier alpha value is -5.80. The predicted octanol–water partition coefficient (Wildman–Crippen LogP) is 8.95. The first kappa shape index (κ1) is 27.5. The first-order valence-corrected chi connectivity index (χ1v) is 16.5. The molecule has 0 amide bonds. The summed E-state index contributed by atoms with van der Waals surface area (Å²) >= 11 is 0. The van der Waals surface area contributed by atoms with Crippen molar-refractivity contribution in [2.75, 3.05) is 9.80 Å². The van der Waals surface area contributed by atoms with Crippen LogP contribution in [0.15, 0.2) is 176 Å². The van der Waals surface area contributed by atoms with Crippen LogP contribution >= 0.6 is 0 Å². The summed E-state index contributed by atoms with van der Waals surface area (Å²) in [6.45, 7) is 0.0950. The molecule has 7 aromatic carbocycles. The van der Waals surface area contributed by atoms with Crippen molar-refractivity contribution in [1.82, 2.24) is 0 Å². The standard InChI is InChI=1S/C44H33BN2/c1-5-14-32(15-6-1)28-34-24-26-40-38(30-34)45-39-31-35(29-33-16-7-2-8-17-33)25-27-41(39)47(37-20-11-4-12-21-37)43-23-13-22-42(44(43)45)46(40)36-18-9-3-10-19-36/h1-27,30-31H,28-29H2. The zero-order valence-corrected chi connectivity index (χ0v) is 26.1. The van der Waals surface area contributed by atoms with E-state index in [0.717, 1.165) is 12.8 Å². The number of hydrogen-bond acceptors (Lipinski definition) is 2. The van der Waals surface area contributed by atoms with Crippen LogP contribution in [0.4, 0.5) is 34.1 Å². The molecule has 0 aliphatic carbocycles. The summed E-state index contributed by atoms with van der Waals surface area (Å²) in [7, 11) is 0. The quantitative estimate of drug-likeness (QED) is 0.176. The highest BCUT2D eigenvalue weighted by Gasteiger charge is 2.43. The summed E-state index contributed by atoms with van der Waals surface area (Å²) in [5.41, 5.74) is 16.7. The highest BCUT2D eigenvalue weighted by Crippen LogP contribution is 2.43. The minimum Gasteiger partial charge on any atom is -0.311 e. The van der Waals surface area contributed by atoms with E-state index in [1.54, 1.807) is 0 Å². The third-order valence-electron chi connectivity index (χ3n) is 9.65. The van der Waals surface area contributed by atoms with Crippen molar-refractivity contribution in [3.05, 3.63) is 198 Å². The van der Waals surface area contributed by atoms with Crippen molar-refractivity contribution >= 4 is 57.2 Å². The second-order valence-corrected chi connectivity index (χ2v) is 12.6. The number of para-hydroxylation sites is 2. The Morgan fingerprint density at radius 3 is 1.17 bits per heavy atom. The molecule has 0 spiro atoms. The SMILES string of the molecule is c1ccc(Cc2ccc3c(c2)B2c4cc(Cc5ccccc5)ccc4N(c4ccccc4)c4cccc(c42)N3c2ccccc2)cc1. The molecule has 2 aliphatic heterocycles. The Balaban J connectivity index is 1.30. The fraction of sp³-hybridized carbons (Fsp3) is 0.0455. The van der Waals surface area contributed by atoms with E-state index in [1.165, 1.54) is 72.8 Å². The van der Waals surface area contributed by atoms with Gasteiger partial charge in [0.25, 0.3) is 6.71 Å². The molecule has 0 aromatic heterocycles. The number of rotatable bonds is 6. The van der Waals surface area contributed by atoms with E-state index in [4.69, 9.17) is 0 Å². The van der Waals surface area contributed by atoms with E-state index in [1.807, 2.05) is 0 Å². The van der Waals surface area contributed by atoms with Gasteiger partial charge in [0.1, 0.15) is 0 Å². The van der Waals surface area contributed by atoms with Gasteiger partial charge >= 0.3 is 0 Å². The lowest BCUT2D eigenvalue weighted by molar-refractivity contribution is 1.18. The van der Waals surface area contributed by atoms with Gasteiger partial charge in [-0.3, -0.25) is 0 Å². The van der Waals surface area contributed by atoms with Gasteiger partial charge in [-0.1, -0.05) is 127 Å². The maximum absolute atomic E-state index is 2.48. The van der Waals surface area contributed by atoms with Crippen LogP contribution in [-0.4, -0.2) is 6.71 Å². The minimum atomic E-state index is 0.0950. The summed E-state index contributed by atoms with van der Waals surface area (Å²) in [5, 5.41) is 0. The van der Waals surface area contributed by atoms with Crippen LogP contribution in [0.1, 0.15) is 22.3 Å². The van der Waals surface area contributed by atoms with E-state index in [0.29, 0.717) is 0 Å². The molecule has 2 heterocycles. The van der Waals surface area contributed by atoms with Crippen LogP contribution in [0.3, 0.4) is 0 Å². The average molecular weight is 601 g/mol. The third kappa shape index (κ3) is 4.83. The van der Waals surface area contributed by atoms with Gasteiger partial charge in [-0.05, 0) is 100 Å². The van der Waals surface area contributed by atoms with E-state index in [9.17, 15) is 0 Å². The smallest absolute Gasteiger partial charge is 0.252 e. The molecule has 0 saturated carbocycles. The molecule has 0 N–H and O–H groups in total. The van der Waals surface area contributed by atoms with E-state index in [2.05, 4.69) is 186 Å². The Bertz CT molecular complexity index is 2040. The molecular weight excluding hydrogens is 567 g/mol. The number of hydrogen-bond donors (Lipinski definition) is 0. The maximum atomic E-state index is 2.48. The van der Waals surface area contributed by atoms with Crippen LogP contribution in [0, 0.1) is 0 Å². The Morgan fingerprint density at radius 2 is 0.745 bits per heavy atom. The molecule has 0 saturated heterocycles. The predicted molar refractivity (Wildman–Crippen MR) is 199 cm³/mol. The number of anilines is 6. The lowest BCUT2D eigenvalue weighted by atomic mass is 9.33. The average Bonchev–Trinajstić information content (AvgIpc) is 3.13. The van der Waals surface area contributed by atoms with Gasteiger partial charge in [-0.15, -0.1) is 0 Å². The fourth-order valence-electron chi connectivity index (χ4n) is 7.64. The van der Waals surface area contributed by atoms with Crippen LogP contribution in [-0.2, 0) is 12.8 Å². The summed E-state index contributed by atoms with van der Waals surface area (Å²) in [6.07, 6.45) is 1.80. The molecular formula is C44H33BN2. The highest BCUT2D eigenvalue weighted by molar-refractivity contribution is 7.00. The number of nitrogens with zero attached hydrogens (tertiary/aromatic N) is 2. The first-order valence-electron chi connectivity index (χ1n) is 16.5. The third-order valence-corrected chi connectivity index (χ3v) is 9.65. The first-order chi connectivity index (χ1) is 23.3. The maximum Gasteiger partial charge on any atom is 0.252 e. The van der Waals surface area contributed by atoms with Crippen molar-refractivity contribution < 1.29 is 0 Å². The van der Waals surface area contributed by atoms with E-state index >= 15 is 0 Å². The molecule has 0 bridgehead atoms. The molecule has 0 radical (unpaired) electrons. The Labute approximate surface area is 277 Å². The molecule has 2 aliphatic rings. The highest BCUT2D eigenvalue weighted by atomic mass is 15.2. The van der Waals surface area contributed by atoms with E-state index < -0.39 is 0 Å². The van der Waals surface area contributed by atoms with Crippen molar-refractivity contribution in [2.24, 2.45) is 0 Å². The van der Waals surface area contributed by atoms with Crippen molar-refractivity contribution in [2.45, 2.75) is 12.8 Å². The van der Waals surface area contributed by atoms with Gasteiger partial charge in [0, 0.05) is 34.1 Å². The molecule has 9 rings (SSSR count). The summed E-state index contributed by atoms with van der Waals surface area (Å²) in [4.78, 5) is 4.94.